The highest BCUT2D eigenvalue weighted by Gasteiger charge is 2.15. The predicted octanol–water partition coefficient (Wildman–Crippen LogP) is 3.88. The first-order valence-corrected chi connectivity index (χ1v) is 9.58. The molecule has 1 aliphatic heterocycles. The summed E-state index contributed by atoms with van der Waals surface area (Å²) in [5.41, 5.74) is 2.95. The Kier molecular flexibility index (Phi) is 6.63. The number of nitrogens with one attached hydrogen (secondary N) is 1. The van der Waals surface area contributed by atoms with E-state index in [4.69, 9.17) is 14.2 Å². The van der Waals surface area contributed by atoms with Crippen molar-refractivity contribution in [2.24, 2.45) is 0 Å². The zero-order valence-electron chi connectivity index (χ0n) is 16.8. The minimum Gasteiger partial charge on any atom is -0.493 e. The van der Waals surface area contributed by atoms with Gasteiger partial charge in [-0.2, -0.15) is 0 Å². The van der Waals surface area contributed by atoms with Gasteiger partial charge in [0.1, 0.15) is 0 Å². The number of anilines is 2. The van der Waals surface area contributed by atoms with E-state index in [2.05, 4.69) is 16.3 Å². The number of ether oxygens (including phenoxy) is 3. The van der Waals surface area contributed by atoms with Crippen LogP contribution in [0.5, 0.6) is 17.2 Å². The number of methoxy groups -OCH3 is 3. The number of aryl methyl sites for hydroxylation is 1. The lowest BCUT2D eigenvalue weighted by Crippen LogP contribution is -2.18. The second-order valence-electron chi connectivity index (χ2n) is 6.83. The molecule has 1 aliphatic rings. The average molecular weight is 384 g/mol. The molecule has 0 unspecified atom stereocenters. The van der Waals surface area contributed by atoms with Crippen molar-refractivity contribution >= 4 is 17.3 Å². The maximum Gasteiger partial charge on any atom is 0.224 e. The standard InChI is InChI=1S/C22H28N2O4/c1-26-19-13-16(14-20(27-2)22(19)28-3)9-10-21(25)23-17-7-6-8-18(15-17)24-11-4-5-12-24/h6-8,13-15H,4-5,9-12H2,1-3H3,(H,23,25). The van der Waals surface area contributed by atoms with Gasteiger partial charge in [0, 0.05) is 30.9 Å². The first-order chi connectivity index (χ1) is 13.6. The van der Waals surface area contributed by atoms with Gasteiger partial charge in [-0.15, -0.1) is 0 Å². The predicted molar refractivity (Wildman–Crippen MR) is 111 cm³/mol. The number of benzene rings is 2. The Labute approximate surface area is 166 Å². The number of hydrogen-bond acceptors (Lipinski definition) is 5. The minimum absolute atomic E-state index is 0.0210. The molecule has 0 aromatic heterocycles. The molecule has 0 bridgehead atoms. The molecule has 1 heterocycles. The Morgan fingerprint density at radius 1 is 1.00 bits per heavy atom. The molecule has 2 aromatic carbocycles. The summed E-state index contributed by atoms with van der Waals surface area (Å²) in [6.45, 7) is 2.16. The van der Waals surface area contributed by atoms with Gasteiger partial charge in [-0.25, -0.2) is 0 Å². The highest BCUT2D eigenvalue weighted by atomic mass is 16.5. The first kappa shape index (κ1) is 19.9. The Balaban J connectivity index is 1.62. The second-order valence-corrected chi connectivity index (χ2v) is 6.83. The molecule has 6 heteroatoms. The van der Waals surface area contributed by atoms with E-state index in [1.165, 1.54) is 18.5 Å². The van der Waals surface area contributed by atoms with E-state index in [9.17, 15) is 4.79 Å². The van der Waals surface area contributed by atoms with E-state index < -0.39 is 0 Å². The number of carbonyl (C=O) groups excluding carboxylic acids is 1. The third-order valence-electron chi connectivity index (χ3n) is 4.97. The van der Waals surface area contributed by atoms with Crippen LogP contribution in [0, 0.1) is 0 Å². The lowest BCUT2D eigenvalue weighted by molar-refractivity contribution is -0.116. The third kappa shape index (κ3) is 4.68. The van der Waals surface area contributed by atoms with Gasteiger partial charge in [0.2, 0.25) is 11.7 Å². The fourth-order valence-electron chi connectivity index (χ4n) is 3.52. The van der Waals surface area contributed by atoms with Crippen molar-refractivity contribution in [1.29, 1.82) is 0 Å². The Morgan fingerprint density at radius 2 is 1.68 bits per heavy atom. The van der Waals surface area contributed by atoms with Gasteiger partial charge in [-0.05, 0) is 55.2 Å². The SMILES string of the molecule is COc1cc(CCC(=O)Nc2cccc(N3CCCC3)c2)cc(OC)c1OC. The largest absolute Gasteiger partial charge is 0.493 e. The van der Waals surface area contributed by atoms with Crippen molar-refractivity contribution in [1.82, 2.24) is 0 Å². The fourth-order valence-corrected chi connectivity index (χ4v) is 3.52. The molecule has 0 saturated carbocycles. The van der Waals surface area contributed by atoms with Crippen LogP contribution in [0.2, 0.25) is 0 Å². The summed E-state index contributed by atoms with van der Waals surface area (Å²) < 4.78 is 16.1. The van der Waals surface area contributed by atoms with E-state index >= 15 is 0 Å². The van der Waals surface area contributed by atoms with Crippen molar-refractivity contribution < 1.29 is 19.0 Å². The molecular formula is C22H28N2O4. The molecule has 150 valence electrons. The van der Waals surface area contributed by atoms with Crippen LogP contribution in [-0.2, 0) is 11.2 Å². The highest BCUT2D eigenvalue weighted by molar-refractivity contribution is 5.91. The van der Waals surface area contributed by atoms with E-state index in [-0.39, 0.29) is 5.91 Å². The summed E-state index contributed by atoms with van der Waals surface area (Å²) in [5, 5.41) is 3.00. The molecule has 6 nitrogen and oxygen atoms in total. The van der Waals surface area contributed by atoms with Crippen LogP contribution in [0.3, 0.4) is 0 Å². The van der Waals surface area contributed by atoms with Crippen molar-refractivity contribution in [2.45, 2.75) is 25.7 Å². The van der Waals surface area contributed by atoms with E-state index in [1.807, 2.05) is 30.3 Å². The first-order valence-electron chi connectivity index (χ1n) is 9.58. The summed E-state index contributed by atoms with van der Waals surface area (Å²) in [6.07, 6.45) is 3.40. The molecule has 2 aromatic rings. The monoisotopic (exact) mass is 384 g/mol. The van der Waals surface area contributed by atoms with Crippen LogP contribution in [0.25, 0.3) is 0 Å². The summed E-state index contributed by atoms with van der Waals surface area (Å²) >= 11 is 0. The fraction of sp³-hybridized carbons (Fsp3) is 0.409. The van der Waals surface area contributed by atoms with Crippen LogP contribution in [0.4, 0.5) is 11.4 Å². The average Bonchev–Trinajstić information content (AvgIpc) is 3.26. The zero-order valence-corrected chi connectivity index (χ0v) is 16.8. The lowest BCUT2D eigenvalue weighted by atomic mass is 10.1. The normalized spacial score (nSPS) is 13.3. The van der Waals surface area contributed by atoms with E-state index in [0.29, 0.717) is 30.1 Å². The third-order valence-corrected chi connectivity index (χ3v) is 4.97. The van der Waals surface area contributed by atoms with Crippen LogP contribution >= 0.6 is 0 Å². The molecule has 1 fully saturated rings. The summed E-state index contributed by atoms with van der Waals surface area (Å²) in [6, 6.07) is 11.8. The molecular weight excluding hydrogens is 356 g/mol. The number of nitrogens with zero attached hydrogens (tertiary/aromatic N) is 1. The van der Waals surface area contributed by atoms with Gasteiger partial charge in [-0.1, -0.05) is 6.07 Å². The quantitative estimate of drug-likeness (QED) is 0.748. The van der Waals surface area contributed by atoms with Crippen LogP contribution in [0.1, 0.15) is 24.8 Å². The molecule has 1 amide bonds. The molecule has 0 radical (unpaired) electrons. The maximum atomic E-state index is 12.4. The summed E-state index contributed by atoms with van der Waals surface area (Å²) in [5.74, 6) is 1.72. The van der Waals surface area contributed by atoms with Crippen LogP contribution < -0.4 is 24.4 Å². The van der Waals surface area contributed by atoms with Crippen molar-refractivity contribution in [3.63, 3.8) is 0 Å². The van der Waals surface area contributed by atoms with Crippen LogP contribution in [-0.4, -0.2) is 40.3 Å². The van der Waals surface area contributed by atoms with Crippen molar-refractivity contribution in [3.05, 3.63) is 42.0 Å². The number of rotatable bonds is 8. The van der Waals surface area contributed by atoms with Crippen LogP contribution in [0.15, 0.2) is 36.4 Å². The van der Waals surface area contributed by atoms with Gasteiger partial charge in [0.25, 0.3) is 0 Å². The molecule has 3 rings (SSSR count). The molecule has 0 atom stereocenters. The topological polar surface area (TPSA) is 60.0 Å². The Bertz CT molecular complexity index is 791. The lowest BCUT2D eigenvalue weighted by Gasteiger charge is -2.18. The summed E-state index contributed by atoms with van der Waals surface area (Å²) in [4.78, 5) is 14.8. The number of amides is 1. The van der Waals surface area contributed by atoms with Gasteiger partial charge >= 0.3 is 0 Å². The smallest absolute Gasteiger partial charge is 0.224 e. The molecule has 1 N–H and O–H groups in total. The van der Waals surface area contributed by atoms with Gasteiger partial charge in [0.15, 0.2) is 11.5 Å². The Morgan fingerprint density at radius 3 is 2.29 bits per heavy atom. The summed E-state index contributed by atoms with van der Waals surface area (Å²) in [7, 11) is 4.74. The maximum absolute atomic E-state index is 12.4. The Hall–Kier alpha value is -2.89. The van der Waals surface area contributed by atoms with Crippen molar-refractivity contribution in [2.75, 3.05) is 44.6 Å². The van der Waals surface area contributed by atoms with E-state index in [1.54, 1.807) is 21.3 Å². The zero-order chi connectivity index (χ0) is 19.9. The molecule has 1 saturated heterocycles. The van der Waals surface area contributed by atoms with Crippen molar-refractivity contribution in [3.8, 4) is 17.2 Å². The number of carbonyl (C=O) groups is 1. The van der Waals surface area contributed by atoms with E-state index in [0.717, 1.165) is 24.3 Å². The van der Waals surface area contributed by atoms with Gasteiger partial charge < -0.3 is 24.4 Å². The van der Waals surface area contributed by atoms with Gasteiger partial charge in [0.05, 0.1) is 21.3 Å². The minimum atomic E-state index is -0.0210. The number of hydrogen-bond donors (Lipinski definition) is 1. The molecule has 0 spiro atoms. The highest BCUT2D eigenvalue weighted by Crippen LogP contribution is 2.38. The molecule has 28 heavy (non-hydrogen) atoms. The van der Waals surface area contributed by atoms with Gasteiger partial charge in [-0.3, -0.25) is 4.79 Å². The molecule has 0 aliphatic carbocycles. The second kappa shape index (κ2) is 9.35.